The number of nitrogens with zero attached hydrogens (tertiary/aromatic N) is 2. The lowest BCUT2D eigenvalue weighted by Gasteiger charge is -2.21. The molecule has 1 N–H and O–H groups in total. The number of fused-ring (bicyclic) bond motifs is 1. The number of carbonyl (C=O) groups is 2. The molecule has 23 heavy (non-hydrogen) atoms. The van der Waals surface area contributed by atoms with Crippen molar-refractivity contribution in [2.45, 2.75) is 39.0 Å². The first-order chi connectivity index (χ1) is 11.2. The predicted octanol–water partition coefficient (Wildman–Crippen LogP) is 2.89. The number of benzene rings is 1. The molecule has 0 radical (unpaired) electrons. The number of Topliss-reactive ketones (excluding diaryl/α,β-unsaturated/α-hetero) is 2. The van der Waals surface area contributed by atoms with Crippen LogP contribution in [0, 0.1) is 5.92 Å². The molecule has 0 unspecified atom stereocenters. The van der Waals surface area contributed by atoms with Crippen LogP contribution in [0.2, 0.25) is 0 Å². The van der Waals surface area contributed by atoms with Gasteiger partial charge in [-0.15, -0.1) is 0 Å². The van der Waals surface area contributed by atoms with Gasteiger partial charge in [-0.05, 0) is 25.0 Å². The number of H-pyrrole nitrogens is 1. The molecule has 1 aromatic heterocycles. The predicted molar refractivity (Wildman–Crippen MR) is 89.7 cm³/mol. The summed E-state index contributed by atoms with van der Waals surface area (Å²) >= 11 is 0. The van der Waals surface area contributed by atoms with Gasteiger partial charge < -0.3 is 4.98 Å². The summed E-state index contributed by atoms with van der Waals surface area (Å²) in [6.45, 7) is 2.35. The van der Waals surface area contributed by atoms with Crippen LogP contribution in [0.15, 0.2) is 29.3 Å². The summed E-state index contributed by atoms with van der Waals surface area (Å²) in [7, 11) is 0. The summed E-state index contributed by atoms with van der Waals surface area (Å²) < 4.78 is 0. The van der Waals surface area contributed by atoms with E-state index in [0.717, 1.165) is 35.4 Å². The minimum absolute atomic E-state index is 0.00260. The maximum atomic E-state index is 12.0. The number of carbonyl (C=O) groups excluding carboxylic acids is 2. The fraction of sp³-hybridized carbons (Fsp3) is 0.444. The van der Waals surface area contributed by atoms with Crippen LogP contribution in [-0.2, 0) is 16.0 Å². The number of ketones is 2. The zero-order chi connectivity index (χ0) is 16.2. The second-order valence-electron chi connectivity index (χ2n) is 5.90. The molecule has 5 nitrogen and oxygen atoms in total. The highest BCUT2D eigenvalue weighted by atomic mass is 16.1. The van der Waals surface area contributed by atoms with Crippen LogP contribution in [0.5, 0.6) is 0 Å². The Balaban J connectivity index is 1.70. The lowest BCUT2D eigenvalue weighted by Crippen LogP contribution is -2.35. The molecule has 1 fully saturated rings. The average Bonchev–Trinajstić information content (AvgIpc) is 2.97. The molecule has 1 aliphatic carbocycles. The summed E-state index contributed by atoms with van der Waals surface area (Å²) in [5.74, 6) is 0.322. The highest BCUT2D eigenvalue weighted by Gasteiger charge is 2.32. The van der Waals surface area contributed by atoms with Gasteiger partial charge in [0.05, 0.1) is 11.0 Å². The van der Waals surface area contributed by atoms with Gasteiger partial charge >= 0.3 is 0 Å². The molecule has 0 saturated heterocycles. The topological polar surface area (TPSA) is 75.2 Å². The van der Waals surface area contributed by atoms with E-state index in [4.69, 9.17) is 0 Å². The van der Waals surface area contributed by atoms with Crippen molar-refractivity contribution in [2.24, 2.45) is 10.9 Å². The summed E-state index contributed by atoms with van der Waals surface area (Å²) in [6, 6.07) is 7.89. The van der Waals surface area contributed by atoms with E-state index in [1.54, 1.807) is 6.92 Å². The Morgan fingerprint density at radius 1 is 1.35 bits per heavy atom. The third-order valence-electron chi connectivity index (χ3n) is 4.28. The number of rotatable bonds is 5. The number of aromatic nitrogens is 2. The molecule has 5 heteroatoms. The monoisotopic (exact) mass is 311 g/mol. The van der Waals surface area contributed by atoms with E-state index in [1.807, 2.05) is 24.3 Å². The van der Waals surface area contributed by atoms with E-state index in [2.05, 4.69) is 15.0 Å². The molecule has 0 aliphatic heterocycles. The van der Waals surface area contributed by atoms with Gasteiger partial charge in [-0.2, -0.15) is 0 Å². The van der Waals surface area contributed by atoms with Crippen LogP contribution < -0.4 is 0 Å². The number of imidazole rings is 1. The van der Waals surface area contributed by atoms with Gasteiger partial charge in [0.25, 0.3) is 0 Å². The maximum absolute atomic E-state index is 12.0. The van der Waals surface area contributed by atoms with E-state index in [-0.39, 0.29) is 11.6 Å². The molecule has 2 aromatic rings. The molecule has 1 atom stereocenters. The van der Waals surface area contributed by atoms with E-state index < -0.39 is 5.92 Å². The number of aromatic amines is 1. The Morgan fingerprint density at radius 2 is 2.17 bits per heavy atom. The smallest absolute Gasteiger partial charge is 0.149 e. The fourth-order valence-electron chi connectivity index (χ4n) is 3.09. The van der Waals surface area contributed by atoms with E-state index in [1.165, 1.54) is 0 Å². The molecule has 120 valence electrons. The Kier molecular flexibility index (Phi) is 4.65. The van der Waals surface area contributed by atoms with Gasteiger partial charge in [0.1, 0.15) is 23.3 Å². The molecular weight excluding hydrogens is 290 g/mol. The van der Waals surface area contributed by atoms with Crippen molar-refractivity contribution < 1.29 is 9.59 Å². The van der Waals surface area contributed by atoms with Crippen molar-refractivity contribution in [3.63, 3.8) is 0 Å². The Bertz CT molecular complexity index is 719. The zero-order valence-electron chi connectivity index (χ0n) is 13.3. The summed E-state index contributed by atoms with van der Waals surface area (Å²) in [5.41, 5.74) is 2.73. The highest BCUT2D eigenvalue weighted by molar-refractivity contribution is 6.22. The van der Waals surface area contributed by atoms with E-state index in [9.17, 15) is 9.59 Å². The average molecular weight is 311 g/mol. The first kappa shape index (κ1) is 15.6. The minimum Gasteiger partial charge on any atom is -0.342 e. The molecule has 1 aromatic carbocycles. The number of aliphatic imine (C=N–C) groups is 1. The van der Waals surface area contributed by atoms with Crippen LogP contribution in [0.3, 0.4) is 0 Å². The van der Waals surface area contributed by atoms with Crippen LogP contribution in [0.1, 0.15) is 38.4 Å². The minimum atomic E-state index is -0.593. The lowest BCUT2D eigenvalue weighted by molar-refractivity contribution is -0.130. The van der Waals surface area contributed by atoms with Gasteiger partial charge in [0.2, 0.25) is 0 Å². The second-order valence-corrected chi connectivity index (χ2v) is 5.90. The van der Waals surface area contributed by atoms with E-state index >= 15 is 0 Å². The normalized spacial score (nSPS) is 20.3. The van der Waals surface area contributed by atoms with Crippen molar-refractivity contribution >= 4 is 28.3 Å². The number of para-hydroxylation sites is 2. The maximum Gasteiger partial charge on any atom is 0.149 e. The van der Waals surface area contributed by atoms with Gasteiger partial charge in [-0.25, -0.2) is 4.98 Å². The lowest BCUT2D eigenvalue weighted by atomic mass is 9.82. The Hall–Kier alpha value is -2.30. The van der Waals surface area contributed by atoms with Crippen LogP contribution in [-0.4, -0.2) is 33.8 Å². The second kappa shape index (κ2) is 6.86. The van der Waals surface area contributed by atoms with Crippen molar-refractivity contribution in [3.8, 4) is 0 Å². The molecule has 3 rings (SSSR count). The highest BCUT2D eigenvalue weighted by Crippen LogP contribution is 2.21. The first-order valence-corrected chi connectivity index (χ1v) is 8.21. The zero-order valence-corrected chi connectivity index (χ0v) is 13.3. The van der Waals surface area contributed by atoms with Crippen molar-refractivity contribution in [1.29, 1.82) is 0 Å². The van der Waals surface area contributed by atoms with Crippen molar-refractivity contribution in [2.75, 3.05) is 6.54 Å². The largest absolute Gasteiger partial charge is 0.342 e. The first-order valence-electron chi connectivity index (χ1n) is 8.21. The molecule has 0 amide bonds. The van der Waals surface area contributed by atoms with Crippen LogP contribution >= 0.6 is 0 Å². The molecule has 1 saturated carbocycles. The molecule has 1 heterocycles. The van der Waals surface area contributed by atoms with Gasteiger partial charge in [-0.3, -0.25) is 14.6 Å². The Labute approximate surface area is 135 Å². The van der Waals surface area contributed by atoms with Gasteiger partial charge in [0.15, 0.2) is 0 Å². The van der Waals surface area contributed by atoms with Crippen molar-refractivity contribution in [3.05, 3.63) is 30.1 Å². The third kappa shape index (κ3) is 3.38. The third-order valence-corrected chi connectivity index (χ3v) is 4.28. The van der Waals surface area contributed by atoms with Crippen molar-refractivity contribution in [1.82, 2.24) is 9.97 Å². The Morgan fingerprint density at radius 3 is 2.96 bits per heavy atom. The van der Waals surface area contributed by atoms with Crippen LogP contribution in [0.4, 0.5) is 0 Å². The summed E-state index contributed by atoms with van der Waals surface area (Å²) in [4.78, 5) is 36.4. The van der Waals surface area contributed by atoms with Gasteiger partial charge in [-0.1, -0.05) is 19.1 Å². The molecule has 0 bridgehead atoms. The number of nitrogens with one attached hydrogen (secondary N) is 1. The standard InChI is InChI=1S/C18H21N3O2/c1-2-15(22)18-14(8-5-9-16(18)23)19-11-10-17-20-12-6-3-4-7-13(12)21-17/h3-4,6-7,18H,2,5,8-11H2,1H3,(H,20,21)/t18-/m1/s1. The molecular formula is C18H21N3O2. The SMILES string of the molecule is CCC(=O)[C@@H]1C(=O)CCCC1=NCCc1nc2ccccc2[nH]1. The molecule has 1 aliphatic rings. The number of hydrogen-bond acceptors (Lipinski definition) is 4. The molecule has 0 spiro atoms. The summed E-state index contributed by atoms with van der Waals surface area (Å²) in [6.07, 6.45) is 3.12. The number of hydrogen-bond donors (Lipinski definition) is 1. The van der Waals surface area contributed by atoms with Crippen LogP contribution in [0.25, 0.3) is 11.0 Å². The quantitative estimate of drug-likeness (QED) is 0.863. The van der Waals surface area contributed by atoms with E-state index in [0.29, 0.717) is 25.8 Å². The van der Waals surface area contributed by atoms with Gasteiger partial charge in [0, 0.05) is 31.5 Å². The fourth-order valence-corrected chi connectivity index (χ4v) is 3.09. The summed E-state index contributed by atoms with van der Waals surface area (Å²) in [5, 5.41) is 0.